The number of nitrogens with one attached hydrogen (secondary N) is 1. The van der Waals surface area contributed by atoms with Crippen molar-refractivity contribution in [2.24, 2.45) is 0 Å². The molecule has 3 nitrogen and oxygen atoms in total. The quantitative estimate of drug-likeness (QED) is 0.590. The molecular weight excluding hydrogens is 314 g/mol. The van der Waals surface area contributed by atoms with Gasteiger partial charge in [-0.1, -0.05) is 18.2 Å². The Balaban J connectivity index is 1.62. The summed E-state index contributed by atoms with van der Waals surface area (Å²) in [6.45, 7) is 2.19. The summed E-state index contributed by atoms with van der Waals surface area (Å²) >= 11 is 3.19. The Kier molecular flexibility index (Phi) is 6.68. The van der Waals surface area contributed by atoms with E-state index in [2.05, 4.69) is 5.32 Å². The number of hydrogen-bond acceptors (Lipinski definition) is 4. The van der Waals surface area contributed by atoms with Gasteiger partial charge in [-0.2, -0.15) is 0 Å². The lowest BCUT2D eigenvalue weighted by Crippen LogP contribution is -2.25. The molecule has 1 heterocycles. The Labute approximate surface area is 139 Å². The smallest absolute Gasteiger partial charge is 0.220 e. The zero-order chi connectivity index (χ0) is 15.8. The summed E-state index contributed by atoms with van der Waals surface area (Å²) in [5.74, 6) is 0.952. The number of thioether (sulfide) groups is 1. The Morgan fingerprint density at radius 3 is 2.59 bits per heavy atom. The van der Waals surface area contributed by atoms with Crippen molar-refractivity contribution in [1.29, 1.82) is 0 Å². The molecule has 0 spiro atoms. The molecule has 5 heteroatoms. The first-order valence-corrected chi connectivity index (χ1v) is 8.99. The van der Waals surface area contributed by atoms with Gasteiger partial charge in [0.05, 0.1) is 4.88 Å². The van der Waals surface area contributed by atoms with E-state index in [-0.39, 0.29) is 11.7 Å². The van der Waals surface area contributed by atoms with E-state index in [1.54, 1.807) is 18.7 Å². The molecule has 0 saturated heterocycles. The summed E-state index contributed by atoms with van der Waals surface area (Å²) in [5, 5.41) is 2.93. The fourth-order valence-electron chi connectivity index (χ4n) is 1.89. The number of ketones is 1. The third-order valence-electron chi connectivity index (χ3n) is 3.04. The molecule has 1 amide bonds. The van der Waals surface area contributed by atoms with Crippen molar-refractivity contribution in [3.8, 4) is 0 Å². The molecule has 2 aromatic rings. The van der Waals surface area contributed by atoms with Crippen molar-refractivity contribution in [1.82, 2.24) is 5.32 Å². The SMILES string of the molecule is CC(=O)c1ccc(CCNC(=O)CCSc2ccccc2)s1. The predicted octanol–water partition coefficient (Wildman–Crippen LogP) is 3.79. The predicted molar refractivity (Wildman–Crippen MR) is 92.8 cm³/mol. The second-order valence-corrected chi connectivity index (χ2v) is 7.17. The molecule has 0 fully saturated rings. The number of carbonyl (C=O) groups excluding carboxylic acids is 2. The molecule has 1 aromatic heterocycles. The van der Waals surface area contributed by atoms with Crippen LogP contribution in [0.2, 0.25) is 0 Å². The molecule has 22 heavy (non-hydrogen) atoms. The second kappa shape index (κ2) is 8.76. The van der Waals surface area contributed by atoms with Crippen molar-refractivity contribution in [3.05, 3.63) is 52.2 Å². The van der Waals surface area contributed by atoms with Crippen LogP contribution in [0.25, 0.3) is 0 Å². The number of benzene rings is 1. The average Bonchev–Trinajstić information content (AvgIpc) is 2.97. The van der Waals surface area contributed by atoms with Crippen LogP contribution in [0.5, 0.6) is 0 Å². The molecule has 116 valence electrons. The normalized spacial score (nSPS) is 10.4. The highest BCUT2D eigenvalue weighted by molar-refractivity contribution is 7.99. The topological polar surface area (TPSA) is 46.2 Å². The second-order valence-electron chi connectivity index (χ2n) is 4.83. The highest BCUT2D eigenvalue weighted by Gasteiger charge is 2.05. The third kappa shape index (κ3) is 5.66. The molecule has 0 saturated carbocycles. The highest BCUT2D eigenvalue weighted by Crippen LogP contribution is 2.18. The number of amides is 1. The monoisotopic (exact) mass is 333 g/mol. The molecule has 2 rings (SSSR count). The molecule has 0 aliphatic heterocycles. The van der Waals surface area contributed by atoms with E-state index in [1.165, 1.54) is 16.2 Å². The lowest BCUT2D eigenvalue weighted by atomic mass is 10.3. The van der Waals surface area contributed by atoms with Gasteiger partial charge in [-0.05, 0) is 37.6 Å². The first-order chi connectivity index (χ1) is 10.6. The van der Waals surface area contributed by atoms with Gasteiger partial charge in [0.2, 0.25) is 5.91 Å². The Hall–Kier alpha value is -1.59. The van der Waals surface area contributed by atoms with Crippen LogP contribution in [-0.4, -0.2) is 24.0 Å². The van der Waals surface area contributed by atoms with Gasteiger partial charge in [-0.25, -0.2) is 0 Å². The van der Waals surface area contributed by atoms with E-state index in [1.807, 2.05) is 42.5 Å². The van der Waals surface area contributed by atoms with E-state index in [4.69, 9.17) is 0 Å². The van der Waals surface area contributed by atoms with Crippen LogP contribution >= 0.6 is 23.1 Å². The minimum Gasteiger partial charge on any atom is -0.356 e. The van der Waals surface area contributed by atoms with Crippen molar-refractivity contribution in [2.45, 2.75) is 24.7 Å². The molecule has 0 aliphatic carbocycles. The van der Waals surface area contributed by atoms with Crippen LogP contribution in [0.3, 0.4) is 0 Å². The summed E-state index contributed by atoms with van der Waals surface area (Å²) in [5.41, 5.74) is 0. The summed E-state index contributed by atoms with van der Waals surface area (Å²) in [6, 6.07) is 13.9. The molecule has 0 aliphatic rings. The maximum Gasteiger partial charge on any atom is 0.220 e. The molecule has 0 atom stereocenters. The maximum atomic E-state index is 11.8. The zero-order valence-electron chi connectivity index (χ0n) is 12.5. The maximum absolute atomic E-state index is 11.8. The standard InChI is InChI=1S/C17H19NO2S2/c1-13(19)16-8-7-15(22-16)9-11-18-17(20)10-12-21-14-5-3-2-4-6-14/h2-8H,9-12H2,1H3,(H,18,20). The molecule has 0 bridgehead atoms. The van der Waals surface area contributed by atoms with E-state index >= 15 is 0 Å². The van der Waals surface area contributed by atoms with Crippen LogP contribution in [0.15, 0.2) is 47.4 Å². The van der Waals surface area contributed by atoms with E-state index in [0.717, 1.165) is 21.9 Å². The van der Waals surface area contributed by atoms with Gasteiger partial charge in [-0.15, -0.1) is 23.1 Å². The average molecular weight is 333 g/mol. The van der Waals surface area contributed by atoms with Gasteiger partial charge < -0.3 is 5.32 Å². The van der Waals surface area contributed by atoms with Gasteiger partial charge in [-0.3, -0.25) is 9.59 Å². The van der Waals surface area contributed by atoms with Gasteiger partial charge in [0, 0.05) is 28.5 Å². The van der Waals surface area contributed by atoms with Crippen LogP contribution in [-0.2, 0) is 11.2 Å². The first kappa shape index (κ1) is 16.8. The summed E-state index contributed by atoms with van der Waals surface area (Å²) in [4.78, 5) is 26.1. The van der Waals surface area contributed by atoms with Crippen molar-refractivity contribution in [3.63, 3.8) is 0 Å². The number of rotatable bonds is 8. The summed E-state index contributed by atoms with van der Waals surface area (Å²) in [7, 11) is 0. The van der Waals surface area contributed by atoms with E-state index in [0.29, 0.717) is 13.0 Å². The van der Waals surface area contributed by atoms with Crippen LogP contribution in [0, 0.1) is 0 Å². The van der Waals surface area contributed by atoms with Gasteiger partial charge >= 0.3 is 0 Å². The van der Waals surface area contributed by atoms with E-state index < -0.39 is 0 Å². The minimum absolute atomic E-state index is 0.0757. The number of carbonyl (C=O) groups is 2. The molecule has 0 unspecified atom stereocenters. The van der Waals surface area contributed by atoms with Crippen molar-refractivity contribution >= 4 is 34.8 Å². The van der Waals surface area contributed by atoms with Gasteiger partial charge in [0.1, 0.15) is 0 Å². The summed E-state index contributed by atoms with van der Waals surface area (Å²) < 4.78 is 0. The van der Waals surface area contributed by atoms with Gasteiger partial charge in [0.15, 0.2) is 5.78 Å². The molecule has 1 N–H and O–H groups in total. The molecular formula is C17H19NO2S2. The largest absolute Gasteiger partial charge is 0.356 e. The summed E-state index contributed by atoms with van der Waals surface area (Å²) in [6.07, 6.45) is 1.29. The minimum atomic E-state index is 0.0757. The fraction of sp³-hybridized carbons (Fsp3) is 0.294. The number of hydrogen-bond donors (Lipinski definition) is 1. The van der Waals surface area contributed by atoms with Crippen LogP contribution in [0.1, 0.15) is 27.9 Å². The first-order valence-electron chi connectivity index (χ1n) is 7.19. The Bertz CT molecular complexity index is 623. The lowest BCUT2D eigenvalue weighted by Gasteiger charge is -2.04. The van der Waals surface area contributed by atoms with Crippen LogP contribution in [0.4, 0.5) is 0 Å². The number of Topliss-reactive ketones (excluding diaryl/α,β-unsaturated/α-hetero) is 1. The van der Waals surface area contributed by atoms with Crippen molar-refractivity contribution in [2.75, 3.05) is 12.3 Å². The van der Waals surface area contributed by atoms with Crippen LogP contribution < -0.4 is 5.32 Å². The third-order valence-corrected chi connectivity index (χ3v) is 5.30. The highest BCUT2D eigenvalue weighted by atomic mass is 32.2. The Morgan fingerprint density at radius 1 is 1.14 bits per heavy atom. The Morgan fingerprint density at radius 2 is 1.91 bits per heavy atom. The van der Waals surface area contributed by atoms with Crippen molar-refractivity contribution < 1.29 is 9.59 Å². The number of thiophene rings is 1. The zero-order valence-corrected chi connectivity index (χ0v) is 14.1. The molecule has 1 aromatic carbocycles. The van der Waals surface area contributed by atoms with Gasteiger partial charge in [0.25, 0.3) is 0 Å². The van der Waals surface area contributed by atoms with E-state index in [9.17, 15) is 9.59 Å². The fourth-order valence-corrected chi connectivity index (χ4v) is 3.67. The molecule has 0 radical (unpaired) electrons. The lowest BCUT2D eigenvalue weighted by molar-refractivity contribution is -0.120.